The number of amides is 1. The summed E-state index contributed by atoms with van der Waals surface area (Å²) in [4.78, 5) is 11.6. The van der Waals surface area contributed by atoms with Gasteiger partial charge >= 0.3 is 0 Å². The Hall–Kier alpha value is -0.520. The number of halogens is 3. The van der Waals surface area contributed by atoms with Crippen molar-refractivity contribution in [2.24, 2.45) is 5.73 Å². The van der Waals surface area contributed by atoms with E-state index >= 15 is 0 Å². The van der Waals surface area contributed by atoms with Gasteiger partial charge in [0.15, 0.2) is 0 Å². The second-order valence-corrected chi connectivity index (χ2v) is 5.40. The molecule has 0 aromatic heterocycles. The molecule has 0 saturated carbocycles. The first-order valence-corrected chi connectivity index (χ1v) is 6.18. The number of carbonyl (C=O) groups is 1. The zero-order valence-electron chi connectivity index (χ0n) is 10.6. The molecule has 1 atom stereocenters. The Bertz CT molecular complexity index is 427. The monoisotopic (exact) mass is 326 g/mol. The van der Waals surface area contributed by atoms with Gasteiger partial charge < -0.3 is 16.2 Å². The first kappa shape index (κ1) is 18.5. The van der Waals surface area contributed by atoms with Gasteiger partial charge in [-0.3, -0.25) is 4.79 Å². The maximum atomic E-state index is 11.6. The molecule has 0 heterocycles. The molecule has 1 amide bonds. The lowest BCUT2D eigenvalue weighted by molar-refractivity contribution is -0.125. The molecule has 19 heavy (non-hydrogen) atoms. The Morgan fingerprint density at radius 3 is 2.32 bits per heavy atom. The zero-order valence-corrected chi connectivity index (χ0v) is 12.9. The molecule has 0 aliphatic rings. The van der Waals surface area contributed by atoms with E-state index in [1.54, 1.807) is 32.0 Å². The van der Waals surface area contributed by atoms with Crippen LogP contribution in [0.3, 0.4) is 0 Å². The summed E-state index contributed by atoms with van der Waals surface area (Å²) in [7, 11) is 0. The third-order valence-electron chi connectivity index (χ3n) is 2.37. The number of carbonyl (C=O) groups excluding carboxylic acids is 1. The first-order valence-electron chi connectivity index (χ1n) is 5.42. The third kappa shape index (κ3) is 5.16. The molecule has 0 saturated heterocycles. The molecule has 4 nitrogen and oxygen atoms in total. The Labute approximate surface area is 128 Å². The molecule has 4 N–H and O–H groups in total. The predicted octanol–water partition coefficient (Wildman–Crippen LogP) is 2.30. The molecule has 0 aliphatic carbocycles. The van der Waals surface area contributed by atoms with E-state index in [0.29, 0.717) is 15.6 Å². The van der Waals surface area contributed by atoms with E-state index in [1.807, 2.05) is 0 Å². The molecule has 0 spiro atoms. The highest BCUT2D eigenvalue weighted by Crippen LogP contribution is 2.29. The molecule has 0 fully saturated rings. The molecule has 108 valence electrons. The summed E-state index contributed by atoms with van der Waals surface area (Å²) in [5.41, 5.74) is 5.02. The van der Waals surface area contributed by atoms with E-state index in [-0.39, 0.29) is 24.9 Å². The average molecular weight is 328 g/mol. The van der Waals surface area contributed by atoms with Crippen molar-refractivity contribution >= 4 is 41.5 Å². The van der Waals surface area contributed by atoms with Crippen molar-refractivity contribution in [2.45, 2.75) is 25.5 Å². The van der Waals surface area contributed by atoms with Gasteiger partial charge in [-0.25, -0.2) is 0 Å². The quantitative estimate of drug-likeness (QED) is 0.794. The van der Waals surface area contributed by atoms with Crippen LogP contribution in [0.15, 0.2) is 18.2 Å². The van der Waals surface area contributed by atoms with E-state index < -0.39 is 11.6 Å². The van der Waals surface area contributed by atoms with Crippen molar-refractivity contribution < 1.29 is 9.90 Å². The average Bonchev–Trinajstić information content (AvgIpc) is 2.24. The number of rotatable bonds is 4. The van der Waals surface area contributed by atoms with Gasteiger partial charge in [0.2, 0.25) is 5.91 Å². The molecule has 0 radical (unpaired) electrons. The van der Waals surface area contributed by atoms with Crippen LogP contribution in [0.2, 0.25) is 10.0 Å². The first-order chi connectivity index (χ1) is 8.23. The van der Waals surface area contributed by atoms with Gasteiger partial charge in [0.25, 0.3) is 0 Å². The Morgan fingerprint density at radius 2 is 1.89 bits per heavy atom. The number of aliphatic hydroxyl groups excluding tert-OH is 1. The normalized spacial score (nSPS) is 12.5. The lowest BCUT2D eigenvalue weighted by Gasteiger charge is -2.20. The van der Waals surface area contributed by atoms with E-state index in [9.17, 15) is 9.90 Å². The number of benzene rings is 1. The smallest absolute Gasteiger partial charge is 0.239 e. The summed E-state index contributed by atoms with van der Waals surface area (Å²) in [5, 5.41) is 13.2. The van der Waals surface area contributed by atoms with E-state index in [0.717, 1.165) is 0 Å². The molecule has 1 aromatic rings. The molecular formula is C12H17Cl3N2O2. The van der Waals surface area contributed by atoms with Crippen LogP contribution in [-0.4, -0.2) is 23.1 Å². The Kier molecular flexibility index (Phi) is 7.11. The number of aliphatic hydroxyl groups is 1. The molecular weight excluding hydrogens is 311 g/mol. The summed E-state index contributed by atoms with van der Waals surface area (Å²) in [6.45, 7) is 3.16. The number of nitrogens with two attached hydrogens (primary N) is 1. The largest absolute Gasteiger partial charge is 0.386 e. The second kappa shape index (κ2) is 7.31. The van der Waals surface area contributed by atoms with Crippen LogP contribution in [0.1, 0.15) is 25.5 Å². The van der Waals surface area contributed by atoms with E-state index in [1.165, 1.54) is 0 Å². The minimum atomic E-state index is -0.996. The van der Waals surface area contributed by atoms with Gasteiger partial charge in [0, 0.05) is 22.2 Å². The summed E-state index contributed by atoms with van der Waals surface area (Å²) >= 11 is 11.9. The second-order valence-electron chi connectivity index (χ2n) is 4.58. The van der Waals surface area contributed by atoms with Crippen LogP contribution in [0.4, 0.5) is 0 Å². The van der Waals surface area contributed by atoms with Crippen molar-refractivity contribution in [1.29, 1.82) is 0 Å². The van der Waals surface area contributed by atoms with Gasteiger partial charge in [0.1, 0.15) is 0 Å². The van der Waals surface area contributed by atoms with Crippen molar-refractivity contribution in [2.75, 3.05) is 6.54 Å². The highest BCUT2D eigenvalue weighted by molar-refractivity contribution is 6.36. The third-order valence-corrected chi connectivity index (χ3v) is 3.03. The van der Waals surface area contributed by atoms with Crippen LogP contribution in [0.5, 0.6) is 0 Å². The Balaban J connectivity index is 0.00000324. The van der Waals surface area contributed by atoms with E-state index in [2.05, 4.69) is 5.32 Å². The summed E-state index contributed by atoms with van der Waals surface area (Å²) in [6.07, 6.45) is -0.975. The van der Waals surface area contributed by atoms with Crippen LogP contribution >= 0.6 is 35.6 Å². The van der Waals surface area contributed by atoms with Crippen molar-refractivity contribution in [1.82, 2.24) is 5.32 Å². The van der Waals surface area contributed by atoms with Crippen LogP contribution in [-0.2, 0) is 4.79 Å². The minimum Gasteiger partial charge on any atom is -0.386 e. The van der Waals surface area contributed by atoms with Gasteiger partial charge in [-0.15, -0.1) is 12.4 Å². The molecule has 1 unspecified atom stereocenters. The van der Waals surface area contributed by atoms with E-state index in [4.69, 9.17) is 28.9 Å². The SMILES string of the molecule is CC(C)(N)C(=O)NCC(O)c1c(Cl)cccc1Cl.Cl. The molecule has 0 aliphatic heterocycles. The fourth-order valence-electron chi connectivity index (χ4n) is 1.35. The number of hydrogen-bond donors (Lipinski definition) is 3. The lowest BCUT2D eigenvalue weighted by Crippen LogP contribution is -2.49. The summed E-state index contributed by atoms with van der Waals surface area (Å²) in [5.74, 6) is -0.357. The van der Waals surface area contributed by atoms with Crippen LogP contribution in [0.25, 0.3) is 0 Å². The number of hydrogen-bond acceptors (Lipinski definition) is 3. The molecule has 1 aromatic carbocycles. The molecule has 0 bridgehead atoms. The topological polar surface area (TPSA) is 75.4 Å². The molecule has 7 heteroatoms. The minimum absolute atomic E-state index is 0. The highest BCUT2D eigenvalue weighted by Gasteiger charge is 2.23. The fraction of sp³-hybridized carbons (Fsp3) is 0.417. The fourth-order valence-corrected chi connectivity index (χ4v) is 2.00. The maximum Gasteiger partial charge on any atom is 0.239 e. The number of nitrogens with one attached hydrogen (secondary N) is 1. The maximum absolute atomic E-state index is 11.6. The van der Waals surface area contributed by atoms with Crippen LogP contribution < -0.4 is 11.1 Å². The van der Waals surface area contributed by atoms with Crippen molar-refractivity contribution in [3.8, 4) is 0 Å². The molecule has 1 rings (SSSR count). The Morgan fingerprint density at radius 1 is 1.42 bits per heavy atom. The highest BCUT2D eigenvalue weighted by atomic mass is 35.5. The van der Waals surface area contributed by atoms with Crippen LogP contribution in [0, 0.1) is 0 Å². The summed E-state index contributed by atoms with van der Waals surface area (Å²) < 4.78 is 0. The summed E-state index contributed by atoms with van der Waals surface area (Å²) in [6, 6.07) is 4.93. The standard InChI is InChI=1S/C12H16Cl2N2O2.ClH/c1-12(2,15)11(18)16-6-9(17)10-7(13)4-3-5-8(10)14;/h3-5,9,17H,6,15H2,1-2H3,(H,16,18);1H. The van der Waals surface area contributed by atoms with Crippen molar-refractivity contribution in [3.05, 3.63) is 33.8 Å². The van der Waals surface area contributed by atoms with Gasteiger partial charge in [-0.2, -0.15) is 0 Å². The zero-order chi connectivity index (χ0) is 13.9. The predicted molar refractivity (Wildman–Crippen MR) is 79.9 cm³/mol. The van der Waals surface area contributed by atoms with Gasteiger partial charge in [-0.05, 0) is 26.0 Å². The van der Waals surface area contributed by atoms with Gasteiger partial charge in [-0.1, -0.05) is 29.3 Å². The lowest BCUT2D eigenvalue weighted by atomic mass is 10.1. The van der Waals surface area contributed by atoms with Crippen molar-refractivity contribution in [3.63, 3.8) is 0 Å². The van der Waals surface area contributed by atoms with Gasteiger partial charge in [0.05, 0.1) is 11.6 Å².